The summed E-state index contributed by atoms with van der Waals surface area (Å²) in [6.45, 7) is 0. The lowest BCUT2D eigenvalue weighted by atomic mass is 9.98. The Morgan fingerprint density at radius 2 is 0.739 bits per heavy atom. The van der Waals surface area contributed by atoms with Gasteiger partial charge in [0.2, 0.25) is 0 Å². The van der Waals surface area contributed by atoms with Crippen LogP contribution < -0.4 is 0 Å². The lowest BCUT2D eigenvalue weighted by Crippen LogP contribution is -1.99. The van der Waals surface area contributed by atoms with Gasteiger partial charge in [0.1, 0.15) is 0 Å². The molecule has 0 aliphatic rings. The second kappa shape index (κ2) is 9.69. The van der Waals surface area contributed by atoms with Crippen LogP contribution in [0.2, 0.25) is 0 Å². The number of hydrogen-bond acceptors (Lipinski definition) is 0. The Bertz CT molecular complexity index is 2740. The van der Waals surface area contributed by atoms with Crippen molar-refractivity contribution in [2.24, 2.45) is 0 Å². The maximum Gasteiger partial charge on any atom is 0.0620 e. The van der Waals surface area contributed by atoms with Crippen molar-refractivity contribution in [1.82, 2.24) is 9.13 Å². The van der Waals surface area contributed by atoms with Gasteiger partial charge in [-0.3, -0.25) is 0 Å². The second-order valence-electron chi connectivity index (χ2n) is 12.1. The van der Waals surface area contributed by atoms with Crippen LogP contribution in [0.4, 0.5) is 0 Å². The van der Waals surface area contributed by atoms with Gasteiger partial charge in [-0.2, -0.15) is 0 Å². The second-order valence-corrected chi connectivity index (χ2v) is 12.1. The first-order valence-electron chi connectivity index (χ1n) is 15.9. The average Bonchev–Trinajstić information content (AvgIpc) is 3.64. The fourth-order valence-electron chi connectivity index (χ4n) is 7.78. The molecule has 0 fully saturated rings. The van der Waals surface area contributed by atoms with Gasteiger partial charge in [0, 0.05) is 49.1 Å². The summed E-state index contributed by atoms with van der Waals surface area (Å²) in [5.74, 6) is 0. The van der Waals surface area contributed by atoms with Crippen molar-refractivity contribution in [3.63, 3.8) is 0 Å². The van der Waals surface area contributed by atoms with Crippen LogP contribution in [-0.4, -0.2) is 9.13 Å². The fourth-order valence-corrected chi connectivity index (χ4v) is 7.78. The van der Waals surface area contributed by atoms with Crippen molar-refractivity contribution in [3.8, 4) is 22.5 Å². The van der Waals surface area contributed by atoms with E-state index in [2.05, 4.69) is 179 Å². The summed E-state index contributed by atoms with van der Waals surface area (Å²) in [4.78, 5) is 0. The van der Waals surface area contributed by atoms with Crippen LogP contribution in [0.5, 0.6) is 0 Å². The van der Waals surface area contributed by atoms with E-state index in [9.17, 15) is 0 Å². The van der Waals surface area contributed by atoms with Crippen molar-refractivity contribution < 1.29 is 0 Å². The van der Waals surface area contributed by atoms with Gasteiger partial charge >= 0.3 is 0 Å². The number of rotatable bonds is 3. The highest BCUT2D eigenvalue weighted by Crippen LogP contribution is 2.45. The predicted molar refractivity (Wildman–Crippen MR) is 196 cm³/mol. The smallest absolute Gasteiger partial charge is 0.0620 e. The van der Waals surface area contributed by atoms with Gasteiger partial charge in [-0.15, -0.1) is 0 Å². The summed E-state index contributed by atoms with van der Waals surface area (Å²) in [7, 11) is 0. The van der Waals surface area contributed by atoms with E-state index in [1.165, 1.54) is 82.0 Å². The van der Waals surface area contributed by atoms with E-state index >= 15 is 0 Å². The molecular weight excluding hydrogens is 556 g/mol. The van der Waals surface area contributed by atoms with Gasteiger partial charge in [0.15, 0.2) is 0 Å². The molecule has 10 rings (SSSR count). The number of hydrogen-bond donors (Lipinski definition) is 0. The van der Waals surface area contributed by atoms with Gasteiger partial charge < -0.3 is 9.13 Å². The molecule has 8 aromatic carbocycles. The zero-order valence-electron chi connectivity index (χ0n) is 25.1. The minimum atomic E-state index is 1.16. The topological polar surface area (TPSA) is 9.86 Å². The highest BCUT2D eigenvalue weighted by atomic mass is 15.0. The van der Waals surface area contributed by atoms with Crippen LogP contribution in [0.1, 0.15) is 0 Å². The van der Waals surface area contributed by atoms with Gasteiger partial charge in [0.05, 0.1) is 27.8 Å². The van der Waals surface area contributed by atoms with Crippen molar-refractivity contribution in [3.05, 3.63) is 170 Å². The summed E-state index contributed by atoms with van der Waals surface area (Å²) < 4.78 is 4.98. The first kappa shape index (κ1) is 25.2. The molecular formula is C44H28N2. The first-order chi connectivity index (χ1) is 22.9. The standard InChI is InChI=1S/C44H28N2/c1-2-16-31(17-3-1)45-40-26-10-8-20-34(40)36-22-12-24-38(43(36)45)39-25-13-23-37-35-21-9-11-27-41(35)46(44(37)39)42-32-18-6-4-14-29(32)28-30-15-5-7-19-33(30)42/h1-28H. The molecule has 46 heavy (non-hydrogen) atoms. The molecule has 0 saturated heterocycles. The molecule has 0 unspecified atom stereocenters. The zero-order valence-corrected chi connectivity index (χ0v) is 25.1. The molecule has 0 amide bonds. The van der Waals surface area contributed by atoms with Gasteiger partial charge in [-0.25, -0.2) is 0 Å². The van der Waals surface area contributed by atoms with Gasteiger partial charge in [-0.1, -0.05) is 140 Å². The first-order valence-corrected chi connectivity index (χ1v) is 15.9. The van der Waals surface area contributed by atoms with E-state index in [0.717, 1.165) is 5.69 Å². The van der Waals surface area contributed by atoms with Crippen LogP contribution in [0.15, 0.2) is 170 Å². The van der Waals surface area contributed by atoms with E-state index in [-0.39, 0.29) is 0 Å². The number of nitrogens with zero attached hydrogens (tertiary/aromatic N) is 2. The largest absolute Gasteiger partial charge is 0.309 e. The molecule has 0 aliphatic carbocycles. The molecule has 0 aliphatic heterocycles. The molecule has 0 bridgehead atoms. The summed E-state index contributed by atoms with van der Waals surface area (Å²) in [5.41, 5.74) is 9.70. The van der Waals surface area contributed by atoms with Crippen LogP contribution in [-0.2, 0) is 0 Å². The molecule has 2 heteroatoms. The number of para-hydroxylation sites is 5. The monoisotopic (exact) mass is 584 g/mol. The van der Waals surface area contributed by atoms with Crippen LogP contribution in [0.3, 0.4) is 0 Å². The molecule has 0 saturated carbocycles. The summed E-state index contributed by atoms with van der Waals surface area (Å²) in [6.07, 6.45) is 0. The van der Waals surface area contributed by atoms with Crippen LogP contribution in [0, 0.1) is 0 Å². The number of fused-ring (bicyclic) bond motifs is 8. The van der Waals surface area contributed by atoms with Crippen molar-refractivity contribution in [1.29, 1.82) is 0 Å². The minimum absolute atomic E-state index is 1.16. The van der Waals surface area contributed by atoms with Gasteiger partial charge in [0.25, 0.3) is 0 Å². The summed E-state index contributed by atoms with van der Waals surface area (Å²) in [6, 6.07) is 62.0. The molecule has 214 valence electrons. The summed E-state index contributed by atoms with van der Waals surface area (Å²) >= 11 is 0. The molecule has 2 aromatic heterocycles. The van der Waals surface area contributed by atoms with Crippen LogP contribution >= 0.6 is 0 Å². The Balaban J connectivity index is 1.43. The Kier molecular flexibility index (Phi) is 5.31. The number of aromatic nitrogens is 2. The third-order valence-electron chi connectivity index (χ3n) is 9.66. The van der Waals surface area contributed by atoms with E-state index in [4.69, 9.17) is 0 Å². The van der Waals surface area contributed by atoms with Gasteiger partial charge in [-0.05, 0) is 41.1 Å². The lowest BCUT2D eigenvalue weighted by Gasteiger charge is -2.18. The molecule has 0 N–H and O–H groups in total. The van der Waals surface area contributed by atoms with E-state index < -0.39 is 0 Å². The van der Waals surface area contributed by atoms with E-state index in [1.54, 1.807) is 0 Å². The van der Waals surface area contributed by atoms with E-state index in [1.807, 2.05) is 0 Å². The maximum absolute atomic E-state index is 2.54. The molecule has 10 aromatic rings. The average molecular weight is 585 g/mol. The Hall–Kier alpha value is -6.12. The molecule has 0 radical (unpaired) electrons. The molecule has 0 spiro atoms. The Morgan fingerprint density at radius 1 is 0.304 bits per heavy atom. The third kappa shape index (κ3) is 3.47. The summed E-state index contributed by atoms with van der Waals surface area (Å²) in [5, 5.41) is 10.0. The minimum Gasteiger partial charge on any atom is -0.309 e. The SMILES string of the molecule is c1ccc(-n2c3ccccc3c3cccc(-c4cccc5c6ccccc6n(-c6c7ccccc7cc7ccccc67)c45)c32)cc1. The van der Waals surface area contributed by atoms with Crippen molar-refractivity contribution >= 4 is 65.2 Å². The molecule has 0 atom stereocenters. The zero-order chi connectivity index (χ0) is 30.2. The fraction of sp³-hybridized carbons (Fsp3) is 0. The Morgan fingerprint density at radius 3 is 1.33 bits per heavy atom. The van der Waals surface area contributed by atoms with Crippen molar-refractivity contribution in [2.45, 2.75) is 0 Å². The normalized spacial score (nSPS) is 11.9. The predicted octanol–water partition coefficient (Wildman–Crippen LogP) is 11.9. The maximum atomic E-state index is 2.54. The third-order valence-corrected chi connectivity index (χ3v) is 9.66. The number of benzene rings is 8. The Labute approximate surface area is 266 Å². The van der Waals surface area contributed by atoms with Crippen LogP contribution in [0.25, 0.3) is 87.7 Å². The highest BCUT2D eigenvalue weighted by molar-refractivity contribution is 6.20. The molecule has 2 heterocycles. The molecule has 2 nitrogen and oxygen atoms in total. The van der Waals surface area contributed by atoms with E-state index in [0.29, 0.717) is 0 Å². The lowest BCUT2D eigenvalue weighted by molar-refractivity contribution is 1.18. The van der Waals surface area contributed by atoms with Crippen molar-refractivity contribution in [2.75, 3.05) is 0 Å². The quantitative estimate of drug-likeness (QED) is 0.183. The highest BCUT2D eigenvalue weighted by Gasteiger charge is 2.22.